The highest BCUT2D eigenvalue weighted by molar-refractivity contribution is 6.24. The smallest absolute Gasteiger partial charge is 0.332 e. The highest BCUT2D eigenvalue weighted by Gasteiger charge is 2.60. The molecule has 1 saturated heterocycles. The summed E-state index contributed by atoms with van der Waals surface area (Å²) in [6.07, 6.45) is 0.978. The molecule has 34 heavy (non-hydrogen) atoms. The number of imide groups is 1. The minimum atomic E-state index is -1.09. The molecule has 4 aromatic rings. The summed E-state index contributed by atoms with van der Waals surface area (Å²) in [4.78, 5) is 34.5. The van der Waals surface area contributed by atoms with Gasteiger partial charge in [0.15, 0.2) is 5.54 Å². The summed E-state index contributed by atoms with van der Waals surface area (Å²) < 4.78 is 0. The van der Waals surface area contributed by atoms with Crippen LogP contribution in [-0.4, -0.2) is 28.4 Å². The Bertz CT molecular complexity index is 1450. The van der Waals surface area contributed by atoms with Crippen molar-refractivity contribution in [1.82, 2.24) is 9.88 Å². The summed E-state index contributed by atoms with van der Waals surface area (Å²) in [7, 11) is 0. The van der Waals surface area contributed by atoms with Gasteiger partial charge in [-0.3, -0.25) is 4.79 Å². The van der Waals surface area contributed by atoms with E-state index in [-0.39, 0.29) is 17.9 Å². The molecule has 3 amide bonds. The van der Waals surface area contributed by atoms with Crippen LogP contribution in [0.5, 0.6) is 0 Å². The molecule has 0 unspecified atom stereocenters. The number of aromatic amines is 1. The summed E-state index contributed by atoms with van der Waals surface area (Å²) in [5.74, 6) is -0.238. The van der Waals surface area contributed by atoms with E-state index in [0.717, 1.165) is 39.7 Å². The zero-order valence-corrected chi connectivity index (χ0v) is 19.6. The third kappa shape index (κ3) is 2.67. The summed E-state index contributed by atoms with van der Waals surface area (Å²) in [6, 6.07) is 24.1. The first-order valence-electron chi connectivity index (χ1n) is 11.9. The molecule has 1 aromatic heterocycles. The molecular formula is C29H27N3O2. The second-order valence-electron chi connectivity index (χ2n) is 9.50. The van der Waals surface area contributed by atoms with Gasteiger partial charge in [-0.1, -0.05) is 67.6 Å². The predicted molar refractivity (Wildman–Crippen MR) is 134 cm³/mol. The van der Waals surface area contributed by atoms with E-state index in [9.17, 15) is 9.59 Å². The van der Waals surface area contributed by atoms with Crippen molar-refractivity contribution in [2.45, 2.75) is 38.6 Å². The van der Waals surface area contributed by atoms with E-state index in [4.69, 9.17) is 0 Å². The van der Waals surface area contributed by atoms with Gasteiger partial charge in [0.25, 0.3) is 5.91 Å². The second kappa shape index (κ2) is 7.32. The van der Waals surface area contributed by atoms with E-state index >= 15 is 0 Å². The summed E-state index contributed by atoms with van der Waals surface area (Å²) >= 11 is 0. The van der Waals surface area contributed by atoms with Crippen molar-refractivity contribution >= 4 is 28.5 Å². The zero-order chi connectivity index (χ0) is 23.6. The quantitative estimate of drug-likeness (QED) is 0.398. The fourth-order valence-corrected chi connectivity index (χ4v) is 5.70. The standard InChI is InChI=1S/C29H27N3O2/c1-4-19-13-15-20(16-14-19)22-17-31-28(34)32(24-12-8-5-9-18(24)2)27(33)29(31,3)26-25(22)21-10-6-7-11-23(21)30-26/h5-16,22,30H,4,17H2,1-3H3/t22-,29-/m0/s1. The number of hydrogen-bond donors (Lipinski definition) is 1. The number of aryl methyl sites for hydroxylation is 2. The number of H-pyrrole nitrogens is 1. The van der Waals surface area contributed by atoms with Crippen molar-refractivity contribution in [3.8, 4) is 0 Å². The zero-order valence-electron chi connectivity index (χ0n) is 19.6. The lowest BCUT2D eigenvalue weighted by atomic mass is 9.78. The number of aromatic nitrogens is 1. The van der Waals surface area contributed by atoms with E-state index in [0.29, 0.717) is 12.2 Å². The molecule has 5 heteroatoms. The van der Waals surface area contributed by atoms with Gasteiger partial charge in [0.2, 0.25) is 0 Å². The molecule has 0 aliphatic carbocycles. The van der Waals surface area contributed by atoms with Crippen LogP contribution in [0.1, 0.15) is 47.7 Å². The number of nitrogens with zero attached hydrogens (tertiary/aromatic N) is 2. The molecule has 5 nitrogen and oxygen atoms in total. The number of para-hydroxylation sites is 2. The number of hydrogen-bond acceptors (Lipinski definition) is 2. The van der Waals surface area contributed by atoms with Crippen LogP contribution >= 0.6 is 0 Å². The number of rotatable bonds is 3. The van der Waals surface area contributed by atoms with Gasteiger partial charge in [0.05, 0.1) is 11.4 Å². The highest BCUT2D eigenvalue weighted by atomic mass is 16.2. The predicted octanol–water partition coefficient (Wildman–Crippen LogP) is 5.87. The maximum Gasteiger partial charge on any atom is 0.332 e. The molecule has 2 aliphatic heterocycles. The number of carbonyl (C=O) groups excluding carboxylic acids is 2. The van der Waals surface area contributed by atoms with E-state index in [1.165, 1.54) is 10.5 Å². The lowest BCUT2D eigenvalue weighted by Crippen LogP contribution is -2.50. The van der Waals surface area contributed by atoms with Crippen LogP contribution in [-0.2, 0) is 16.8 Å². The average Bonchev–Trinajstić information content (AvgIpc) is 3.34. The molecule has 2 atom stereocenters. The Morgan fingerprint density at radius 1 is 0.971 bits per heavy atom. The van der Waals surface area contributed by atoms with Crippen LogP contribution in [0.2, 0.25) is 0 Å². The Labute approximate surface area is 199 Å². The Morgan fingerprint density at radius 2 is 1.68 bits per heavy atom. The minimum Gasteiger partial charge on any atom is -0.356 e. The number of fused-ring (bicyclic) bond motifs is 5. The third-order valence-electron chi connectivity index (χ3n) is 7.67. The van der Waals surface area contributed by atoms with Gasteiger partial charge in [-0.25, -0.2) is 9.69 Å². The molecule has 2 aliphatic rings. The summed E-state index contributed by atoms with van der Waals surface area (Å²) in [5.41, 5.74) is 5.81. The van der Waals surface area contributed by atoms with Gasteiger partial charge in [-0.15, -0.1) is 0 Å². The van der Waals surface area contributed by atoms with Gasteiger partial charge in [0, 0.05) is 23.4 Å². The molecule has 6 rings (SSSR count). The number of urea groups is 1. The number of amides is 3. The minimum absolute atomic E-state index is 0.0290. The van der Waals surface area contributed by atoms with Crippen molar-refractivity contribution in [1.29, 1.82) is 0 Å². The number of anilines is 1. The van der Waals surface area contributed by atoms with Crippen LogP contribution in [0.3, 0.4) is 0 Å². The van der Waals surface area contributed by atoms with Crippen molar-refractivity contribution in [2.24, 2.45) is 0 Å². The van der Waals surface area contributed by atoms with Crippen LogP contribution in [0.4, 0.5) is 10.5 Å². The third-order valence-corrected chi connectivity index (χ3v) is 7.67. The fraction of sp³-hybridized carbons (Fsp3) is 0.241. The van der Waals surface area contributed by atoms with Crippen molar-refractivity contribution in [3.05, 3.63) is 101 Å². The highest BCUT2D eigenvalue weighted by Crippen LogP contribution is 2.50. The van der Waals surface area contributed by atoms with Crippen LogP contribution in [0.25, 0.3) is 10.9 Å². The molecular weight excluding hydrogens is 422 g/mol. The Hall–Kier alpha value is -3.86. The van der Waals surface area contributed by atoms with Gasteiger partial charge in [0.1, 0.15) is 0 Å². The molecule has 0 bridgehead atoms. The molecule has 1 N–H and O–H groups in total. The van der Waals surface area contributed by atoms with Gasteiger partial charge in [-0.05, 0) is 54.7 Å². The molecule has 0 radical (unpaired) electrons. The molecule has 0 spiro atoms. The van der Waals surface area contributed by atoms with Gasteiger partial charge >= 0.3 is 6.03 Å². The van der Waals surface area contributed by atoms with E-state index in [2.05, 4.69) is 42.2 Å². The molecule has 0 saturated carbocycles. The summed E-state index contributed by atoms with van der Waals surface area (Å²) in [6.45, 7) is 6.41. The van der Waals surface area contributed by atoms with Crippen LogP contribution < -0.4 is 4.90 Å². The van der Waals surface area contributed by atoms with Crippen molar-refractivity contribution < 1.29 is 9.59 Å². The van der Waals surface area contributed by atoms with Gasteiger partial charge in [-0.2, -0.15) is 0 Å². The van der Waals surface area contributed by atoms with Crippen molar-refractivity contribution in [3.63, 3.8) is 0 Å². The van der Waals surface area contributed by atoms with E-state index < -0.39 is 5.54 Å². The second-order valence-corrected chi connectivity index (χ2v) is 9.50. The molecule has 3 heterocycles. The number of benzene rings is 3. The van der Waals surface area contributed by atoms with E-state index in [1.807, 2.05) is 56.3 Å². The monoisotopic (exact) mass is 449 g/mol. The SMILES string of the molecule is CCc1ccc([C@@H]2CN3C(=O)N(c4ccccc4C)C(=O)[C@]3(C)c3[nH]c4ccccc4c32)cc1. The topological polar surface area (TPSA) is 56.4 Å². The first-order chi connectivity index (χ1) is 16.4. The molecule has 170 valence electrons. The maximum atomic E-state index is 14.0. The lowest BCUT2D eigenvalue weighted by molar-refractivity contribution is -0.125. The van der Waals surface area contributed by atoms with E-state index in [1.54, 1.807) is 4.90 Å². The fourth-order valence-electron chi connectivity index (χ4n) is 5.70. The maximum absolute atomic E-state index is 14.0. The first-order valence-corrected chi connectivity index (χ1v) is 11.9. The Balaban J connectivity index is 1.58. The average molecular weight is 450 g/mol. The molecule has 3 aromatic carbocycles. The molecule has 1 fully saturated rings. The summed E-state index contributed by atoms with van der Waals surface area (Å²) in [5, 5.41) is 1.11. The van der Waals surface area contributed by atoms with Crippen LogP contribution in [0.15, 0.2) is 72.8 Å². The largest absolute Gasteiger partial charge is 0.356 e. The first kappa shape index (κ1) is 20.7. The van der Waals surface area contributed by atoms with Crippen LogP contribution in [0, 0.1) is 6.92 Å². The van der Waals surface area contributed by atoms with Gasteiger partial charge < -0.3 is 9.88 Å². The Kier molecular flexibility index (Phi) is 4.46. The number of nitrogens with one attached hydrogen (secondary N) is 1. The normalized spacial score (nSPS) is 21.8. The Morgan fingerprint density at radius 3 is 2.41 bits per heavy atom. The lowest BCUT2D eigenvalue weighted by Gasteiger charge is -2.40. The number of carbonyl (C=O) groups is 2. The van der Waals surface area contributed by atoms with Crippen molar-refractivity contribution in [2.75, 3.05) is 11.4 Å².